The maximum Gasteiger partial charge on any atom is 0.353 e. The van der Waals surface area contributed by atoms with Crippen LogP contribution in [0.15, 0.2) is 54.9 Å². The lowest BCUT2D eigenvalue weighted by Crippen LogP contribution is -2.10. The Balaban J connectivity index is 1.80. The molecule has 0 saturated heterocycles. The fraction of sp³-hybridized carbons (Fsp3) is 0.111. The molecule has 1 aromatic heterocycles. The number of nitrogens with one attached hydrogen (secondary N) is 2. The van der Waals surface area contributed by atoms with E-state index in [2.05, 4.69) is 20.6 Å². The summed E-state index contributed by atoms with van der Waals surface area (Å²) in [6.45, 7) is 0.489. The van der Waals surface area contributed by atoms with Crippen LogP contribution in [-0.2, 0) is 6.42 Å². The number of anilines is 3. The zero-order valence-electron chi connectivity index (χ0n) is 14.0. The monoisotopic (exact) mass is 403 g/mol. The van der Waals surface area contributed by atoms with Crippen LogP contribution in [-0.4, -0.2) is 21.4 Å². The van der Waals surface area contributed by atoms with Crippen LogP contribution in [0, 0.1) is 10.1 Å². The molecule has 2 aromatic carbocycles. The van der Waals surface area contributed by atoms with E-state index in [-0.39, 0.29) is 17.3 Å². The molecule has 0 unspecified atom stereocenters. The molecular weight excluding hydrogens is 389 g/mol. The van der Waals surface area contributed by atoms with Crippen LogP contribution >= 0.6 is 23.2 Å². The molecule has 0 aliphatic heterocycles. The minimum Gasteiger partial charge on any atom is -0.364 e. The Kier molecular flexibility index (Phi) is 6.05. The summed E-state index contributed by atoms with van der Waals surface area (Å²) < 4.78 is 0. The van der Waals surface area contributed by atoms with Crippen molar-refractivity contribution in [1.29, 1.82) is 0 Å². The first kappa shape index (κ1) is 18.9. The summed E-state index contributed by atoms with van der Waals surface area (Å²) in [6, 6.07) is 14.6. The quantitative estimate of drug-likeness (QED) is 0.421. The summed E-state index contributed by atoms with van der Waals surface area (Å²) in [6.07, 6.45) is 1.96. The molecule has 0 aliphatic carbocycles. The summed E-state index contributed by atoms with van der Waals surface area (Å²) in [7, 11) is 0. The van der Waals surface area contributed by atoms with E-state index in [1.165, 1.54) is 12.4 Å². The normalized spacial score (nSPS) is 10.4. The van der Waals surface area contributed by atoms with Crippen molar-refractivity contribution in [2.45, 2.75) is 6.42 Å². The summed E-state index contributed by atoms with van der Waals surface area (Å²) in [5.74, 6) is 0.181. The van der Waals surface area contributed by atoms with Gasteiger partial charge in [0, 0.05) is 11.6 Å². The molecule has 2 N–H and O–H groups in total. The minimum absolute atomic E-state index is 0.0430. The molecule has 7 nitrogen and oxygen atoms in total. The van der Waals surface area contributed by atoms with Crippen molar-refractivity contribution >= 4 is 46.2 Å². The van der Waals surface area contributed by atoms with Crippen molar-refractivity contribution in [3.63, 3.8) is 0 Å². The molecule has 0 atom stereocenters. The highest BCUT2D eigenvalue weighted by Crippen LogP contribution is 2.34. The molecule has 27 heavy (non-hydrogen) atoms. The second-order valence-electron chi connectivity index (χ2n) is 5.59. The number of hydrogen-bond donors (Lipinski definition) is 2. The van der Waals surface area contributed by atoms with Crippen molar-refractivity contribution in [2.75, 3.05) is 17.2 Å². The Hall–Kier alpha value is -2.90. The van der Waals surface area contributed by atoms with E-state index in [1.54, 1.807) is 12.1 Å². The van der Waals surface area contributed by atoms with Crippen molar-refractivity contribution < 1.29 is 4.92 Å². The zero-order valence-corrected chi connectivity index (χ0v) is 15.5. The van der Waals surface area contributed by atoms with Crippen LogP contribution in [0.1, 0.15) is 5.56 Å². The predicted molar refractivity (Wildman–Crippen MR) is 107 cm³/mol. The standard InChI is InChI=1S/C18H15Cl2N5O2/c19-13-6-7-15(14(20)10-13)24-18-16(25(26)27)17(22-11-23-18)21-9-8-12-4-2-1-3-5-12/h1-7,10-11H,8-9H2,(H2,21,22,23,24). The van der Waals surface area contributed by atoms with E-state index in [9.17, 15) is 10.1 Å². The van der Waals surface area contributed by atoms with Crippen LogP contribution in [0.3, 0.4) is 0 Å². The Morgan fingerprint density at radius 3 is 2.48 bits per heavy atom. The van der Waals surface area contributed by atoms with Gasteiger partial charge in [-0.2, -0.15) is 0 Å². The Labute approximate surface area is 165 Å². The van der Waals surface area contributed by atoms with Gasteiger partial charge in [-0.05, 0) is 30.2 Å². The zero-order chi connectivity index (χ0) is 19.2. The van der Waals surface area contributed by atoms with Crippen LogP contribution in [0.25, 0.3) is 0 Å². The minimum atomic E-state index is -0.531. The molecule has 0 bridgehead atoms. The van der Waals surface area contributed by atoms with Gasteiger partial charge in [0.25, 0.3) is 0 Å². The molecule has 0 radical (unpaired) electrons. The first-order chi connectivity index (χ1) is 13.0. The van der Waals surface area contributed by atoms with Gasteiger partial charge in [0.2, 0.25) is 11.6 Å². The van der Waals surface area contributed by atoms with Gasteiger partial charge < -0.3 is 10.6 Å². The molecule has 9 heteroatoms. The maximum atomic E-state index is 11.6. The SMILES string of the molecule is O=[N+]([O-])c1c(NCCc2ccccc2)ncnc1Nc1ccc(Cl)cc1Cl. The van der Waals surface area contributed by atoms with E-state index in [1.807, 2.05) is 30.3 Å². The van der Waals surface area contributed by atoms with Gasteiger partial charge in [-0.15, -0.1) is 0 Å². The van der Waals surface area contributed by atoms with Gasteiger partial charge in [-0.1, -0.05) is 53.5 Å². The third kappa shape index (κ3) is 4.84. The average molecular weight is 404 g/mol. The summed E-state index contributed by atoms with van der Waals surface area (Å²) in [4.78, 5) is 19.1. The molecule has 0 amide bonds. The number of hydrogen-bond acceptors (Lipinski definition) is 6. The highest BCUT2D eigenvalue weighted by molar-refractivity contribution is 6.36. The van der Waals surface area contributed by atoms with Crippen molar-refractivity contribution in [3.05, 3.63) is 80.6 Å². The van der Waals surface area contributed by atoms with Gasteiger partial charge in [0.05, 0.1) is 15.6 Å². The van der Waals surface area contributed by atoms with E-state index >= 15 is 0 Å². The van der Waals surface area contributed by atoms with Gasteiger partial charge in [0.15, 0.2) is 0 Å². The first-order valence-corrected chi connectivity index (χ1v) is 8.79. The third-order valence-electron chi connectivity index (χ3n) is 3.74. The molecule has 3 aromatic rings. The lowest BCUT2D eigenvalue weighted by molar-refractivity contribution is -0.383. The second kappa shape index (κ2) is 8.66. The molecule has 0 aliphatic rings. The molecule has 0 spiro atoms. The van der Waals surface area contributed by atoms with Crippen LogP contribution in [0.4, 0.5) is 23.0 Å². The average Bonchev–Trinajstić information content (AvgIpc) is 2.65. The Morgan fingerprint density at radius 1 is 1.04 bits per heavy atom. The van der Waals surface area contributed by atoms with Crippen LogP contribution in [0.5, 0.6) is 0 Å². The maximum absolute atomic E-state index is 11.6. The van der Waals surface area contributed by atoms with Crippen LogP contribution < -0.4 is 10.6 Å². The molecule has 0 saturated carbocycles. The number of aromatic nitrogens is 2. The van der Waals surface area contributed by atoms with Gasteiger partial charge in [-0.25, -0.2) is 9.97 Å². The molecule has 1 heterocycles. The Morgan fingerprint density at radius 2 is 1.78 bits per heavy atom. The number of nitro groups is 1. The van der Waals surface area contributed by atoms with E-state index in [0.717, 1.165) is 5.56 Å². The van der Waals surface area contributed by atoms with Gasteiger partial charge in [0.1, 0.15) is 6.33 Å². The number of nitrogens with zero attached hydrogens (tertiary/aromatic N) is 3. The van der Waals surface area contributed by atoms with Crippen molar-refractivity contribution in [1.82, 2.24) is 9.97 Å². The smallest absolute Gasteiger partial charge is 0.353 e. The lowest BCUT2D eigenvalue weighted by Gasteiger charge is -2.11. The van der Waals surface area contributed by atoms with Crippen molar-refractivity contribution in [3.8, 4) is 0 Å². The topological polar surface area (TPSA) is 93.0 Å². The van der Waals surface area contributed by atoms with E-state index < -0.39 is 4.92 Å². The first-order valence-electron chi connectivity index (χ1n) is 8.04. The predicted octanol–water partition coefficient (Wildman–Crippen LogP) is 5.09. The largest absolute Gasteiger partial charge is 0.364 e. The van der Waals surface area contributed by atoms with E-state index in [0.29, 0.717) is 28.7 Å². The fourth-order valence-electron chi connectivity index (χ4n) is 2.46. The van der Waals surface area contributed by atoms with Crippen molar-refractivity contribution in [2.24, 2.45) is 0 Å². The van der Waals surface area contributed by atoms with Gasteiger partial charge >= 0.3 is 5.69 Å². The third-order valence-corrected chi connectivity index (χ3v) is 4.29. The highest BCUT2D eigenvalue weighted by atomic mass is 35.5. The lowest BCUT2D eigenvalue weighted by atomic mass is 10.1. The molecule has 0 fully saturated rings. The number of benzene rings is 2. The Bertz CT molecular complexity index is 954. The van der Waals surface area contributed by atoms with Gasteiger partial charge in [-0.3, -0.25) is 10.1 Å². The summed E-state index contributed by atoms with van der Waals surface area (Å²) in [5.41, 5.74) is 1.32. The summed E-state index contributed by atoms with van der Waals surface area (Å²) in [5, 5.41) is 18.3. The second-order valence-corrected chi connectivity index (χ2v) is 6.43. The highest BCUT2D eigenvalue weighted by Gasteiger charge is 2.23. The molecule has 138 valence electrons. The number of halogens is 2. The molecule has 3 rings (SSSR count). The van der Waals surface area contributed by atoms with Crippen LogP contribution in [0.2, 0.25) is 10.0 Å². The van der Waals surface area contributed by atoms with E-state index in [4.69, 9.17) is 23.2 Å². The molecular formula is C18H15Cl2N5O2. The number of rotatable bonds is 7. The fourth-order valence-corrected chi connectivity index (χ4v) is 2.92. The summed E-state index contributed by atoms with van der Waals surface area (Å²) >= 11 is 12.0.